The Bertz CT molecular complexity index is 722. The lowest BCUT2D eigenvalue weighted by Gasteiger charge is -2.38. The zero-order chi connectivity index (χ0) is 18.1. The van der Waals surface area contributed by atoms with Crippen LogP contribution in [0.4, 0.5) is 5.82 Å². The quantitative estimate of drug-likeness (QED) is 0.726. The van der Waals surface area contributed by atoms with E-state index in [-0.39, 0.29) is 17.1 Å². The Hall–Kier alpha value is -0.960. The van der Waals surface area contributed by atoms with Crippen LogP contribution in [0.3, 0.4) is 0 Å². The summed E-state index contributed by atoms with van der Waals surface area (Å²) in [5.41, 5.74) is 0.478. The molecule has 0 saturated carbocycles. The van der Waals surface area contributed by atoms with Gasteiger partial charge in [-0.1, -0.05) is 6.92 Å². The van der Waals surface area contributed by atoms with Crippen molar-refractivity contribution < 1.29 is 17.9 Å². The predicted octanol–water partition coefficient (Wildman–Crippen LogP) is 1.80. The molecule has 0 aromatic carbocycles. The van der Waals surface area contributed by atoms with E-state index in [1.165, 1.54) is 0 Å². The Labute approximate surface area is 153 Å². The van der Waals surface area contributed by atoms with E-state index in [9.17, 15) is 8.42 Å². The van der Waals surface area contributed by atoms with Crippen LogP contribution in [0.15, 0.2) is 6.07 Å². The molecule has 0 radical (unpaired) electrons. The van der Waals surface area contributed by atoms with Crippen molar-refractivity contribution in [3.63, 3.8) is 0 Å². The highest BCUT2D eigenvalue weighted by Crippen LogP contribution is 2.41. The predicted molar refractivity (Wildman–Crippen MR) is 95.9 cm³/mol. The molecule has 0 spiro atoms. The van der Waals surface area contributed by atoms with Crippen LogP contribution in [-0.2, 0) is 24.1 Å². The molecule has 0 N–H and O–H groups in total. The highest BCUT2D eigenvalue weighted by molar-refractivity contribution is 7.92. The average Bonchev–Trinajstić information content (AvgIpc) is 2.62. The van der Waals surface area contributed by atoms with E-state index in [1.807, 2.05) is 6.92 Å². The maximum Gasteiger partial charge on any atom is 0.224 e. The number of sulfone groups is 1. The van der Waals surface area contributed by atoms with E-state index in [4.69, 9.17) is 21.1 Å². The van der Waals surface area contributed by atoms with E-state index in [2.05, 4.69) is 14.9 Å². The van der Waals surface area contributed by atoms with E-state index < -0.39 is 14.6 Å². The Kier molecular flexibility index (Phi) is 5.53. The van der Waals surface area contributed by atoms with Crippen LogP contribution in [0.25, 0.3) is 0 Å². The fourth-order valence-corrected chi connectivity index (χ4v) is 5.50. The summed E-state index contributed by atoms with van der Waals surface area (Å²) in [5, 5.41) is 0.0726. The van der Waals surface area contributed by atoms with Gasteiger partial charge < -0.3 is 14.4 Å². The van der Waals surface area contributed by atoms with Crippen molar-refractivity contribution in [1.29, 1.82) is 0 Å². The SMILES string of the molecule is CCS(=O)(=O)C1(c2cc(N3CCOCC3C)nc(Cl)n2)CCOCC1. The van der Waals surface area contributed by atoms with Crippen LogP contribution < -0.4 is 4.90 Å². The van der Waals surface area contributed by atoms with Gasteiger partial charge in [0.15, 0.2) is 9.84 Å². The second kappa shape index (κ2) is 7.34. The number of anilines is 1. The molecule has 0 amide bonds. The van der Waals surface area contributed by atoms with Gasteiger partial charge in [-0.25, -0.2) is 18.4 Å². The minimum Gasteiger partial charge on any atom is -0.381 e. The van der Waals surface area contributed by atoms with E-state index in [1.54, 1.807) is 13.0 Å². The topological polar surface area (TPSA) is 81.6 Å². The number of halogens is 1. The minimum absolute atomic E-state index is 0.0535. The molecule has 3 heterocycles. The number of hydrogen-bond acceptors (Lipinski definition) is 7. The highest BCUT2D eigenvalue weighted by atomic mass is 35.5. The molecule has 3 rings (SSSR count). The Morgan fingerprint density at radius 3 is 2.64 bits per heavy atom. The van der Waals surface area contributed by atoms with Crippen LogP contribution >= 0.6 is 11.6 Å². The Balaban J connectivity index is 2.08. The summed E-state index contributed by atoms with van der Waals surface area (Å²) in [6, 6.07) is 1.92. The first-order valence-corrected chi connectivity index (χ1v) is 10.6. The molecule has 2 aliphatic rings. The maximum absolute atomic E-state index is 12.9. The molecule has 9 heteroatoms. The Morgan fingerprint density at radius 1 is 1.28 bits per heavy atom. The second-order valence-corrected chi connectivity index (χ2v) is 9.43. The van der Waals surface area contributed by atoms with Crippen molar-refractivity contribution in [2.45, 2.75) is 37.5 Å². The molecule has 25 heavy (non-hydrogen) atoms. The molecule has 1 atom stereocenters. The van der Waals surface area contributed by atoms with Gasteiger partial charge in [-0.2, -0.15) is 0 Å². The van der Waals surface area contributed by atoms with Crippen LogP contribution in [0.5, 0.6) is 0 Å². The molecule has 0 aliphatic carbocycles. The maximum atomic E-state index is 12.9. The van der Waals surface area contributed by atoms with Gasteiger partial charge >= 0.3 is 0 Å². The van der Waals surface area contributed by atoms with Gasteiger partial charge in [0.05, 0.1) is 24.9 Å². The minimum atomic E-state index is -3.39. The first-order chi connectivity index (χ1) is 11.9. The normalized spacial score (nSPS) is 24.3. The summed E-state index contributed by atoms with van der Waals surface area (Å²) < 4.78 is 35.7. The summed E-state index contributed by atoms with van der Waals surface area (Å²) in [6.45, 7) is 6.39. The van der Waals surface area contributed by atoms with Gasteiger partial charge in [0.2, 0.25) is 5.28 Å². The number of aromatic nitrogens is 2. The zero-order valence-electron chi connectivity index (χ0n) is 14.6. The smallest absolute Gasteiger partial charge is 0.224 e. The van der Waals surface area contributed by atoms with Crippen molar-refractivity contribution in [1.82, 2.24) is 9.97 Å². The van der Waals surface area contributed by atoms with Gasteiger partial charge in [-0.05, 0) is 31.4 Å². The number of morpholine rings is 1. The van der Waals surface area contributed by atoms with Crippen molar-refractivity contribution in [2.75, 3.05) is 43.6 Å². The van der Waals surface area contributed by atoms with Gasteiger partial charge in [0.1, 0.15) is 10.6 Å². The second-order valence-electron chi connectivity index (χ2n) is 6.51. The molecule has 1 aromatic rings. The lowest BCUT2D eigenvalue weighted by atomic mass is 9.94. The number of ether oxygens (including phenoxy) is 2. The monoisotopic (exact) mass is 389 g/mol. The van der Waals surface area contributed by atoms with Crippen molar-refractivity contribution in [2.24, 2.45) is 0 Å². The number of hydrogen-bond donors (Lipinski definition) is 0. The van der Waals surface area contributed by atoms with E-state index in [0.29, 0.717) is 57.3 Å². The molecular formula is C16H24ClN3O4S. The van der Waals surface area contributed by atoms with Gasteiger partial charge in [-0.3, -0.25) is 0 Å². The molecular weight excluding hydrogens is 366 g/mol. The van der Waals surface area contributed by atoms with Crippen molar-refractivity contribution in [3.05, 3.63) is 17.0 Å². The number of nitrogens with zero attached hydrogens (tertiary/aromatic N) is 3. The largest absolute Gasteiger partial charge is 0.381 e. The molecule has 2 fully saturated rings. The summed E-state index contributed by atoms with van der Waals surface area (Å²) in [6.07, 6.45) is 0.767. The molecule has 1 aromatic heterocycles. The van der Waals surface area contributed by atoms with Crippen LogP contribution in [0.2, 0.25) is 5.28 Å². The van der Waals surface area contributed by atoms with Gasteiger partial charge in [-0.15, -0.1) is 0 Å². The average molecular weight is 390 g/mol. The molecule has 140 valence electrons. The molecule has 7 nitrogen and oxygen atoms in total. The molecule has 2 saturated heterocycles. The van der Waals surface area contributed by atoms with Gasteiger partial charge in [0.25, 0.3) is 0 Å². The van der Waals surface area contributed by atoms with Crippen molar-refractivity contribution >= 4 is 27.3 Å². The highest BCUT2D eigenvalue weighted by Gasteiger charge is 2.47. The summed E-state index contributed by atoms with van der Waals surface area (Å²) in [7, 11) is -3.39. The first-order valence-electron chi connectivity index (χ1n) is 8.59. The summed E-state index contributed by atoms with van der Waals surface area (Å²) >= 11 is 6.19. The lowest BCUT2D eigenvalue weighted by molar-refractivity contribution is 0.0729. The van der Waals surface area contributed by atoms with Crippen LogP contribution in [-0.4, -0.2) is 63.2 Å². The molecule has 2 aliphatic heterocycles. The zero-order valence-corrected chi connectivity index (χ0v) is 16.1. The molecule has 1 unspecified atom stereocenters. The van der Waals surface area contributed by atoms with E-state index in [0.717, 1.165) is 0 Å². The number of rotatable bonds is 4. The fourth-order valence-electron chi connectivity index (χ4n) is 3.56. The van der Waals surface area contributed by atoms with E-state index >= 15 is 0 Å². The third kappa shape index (κ3) is 3.49. The first kappa shape index (κ1) is 18.8. The van der Waals surface area contributed by atoms with Crippen LogP contribution in [0.1, 0.15) is 32.4 Å². The van der Waals surface area contributed by atoms with Gasteiger partial charge in [0, 0.05) is 31.6 Å². The van der Waals surface area contributed by atoms with Crippen LogP contribution in [0, 0.1) is 0 Å². The standard InChI is InChI=1S/C16H24ClN3O4S/c1-3-25(21,22)16(4-7-23-8-5-16)13-10-14(19-15(17)18-13)20-6-9-24-11-12(20)2/h10,12H,3-9,11H2,1-2H3. The lowest BCUT2D eigenvalue weighted by Crippen LogP contribution is -2.45. The summed E-state index contributed by atoms with van der Waals surface area (Å²) in [5.74, 6) is 0.709. The third-order valence-electron chi connectivity index (χ3n) is 5.09. The Morgan fingerprint density at radius 2 is 2.00 bits per heavy atom. The van der Waals surface area contributed by atoms with Crippen molar-refractivity contribution in [3.8, 4) is 0 Å². The third-order valence-corrected chi connectivity index (χ3v) is 7.83. The fraction of sp³-hybridized carbons (Fsp3) is 0.750. The molecule has 0 bridgehead atoms. The summed E-state index contributed by atoms with van der Waals surface area (Å²) in [4.78, 5) is 10.8.